The summed E-state index contributed by atoms with van der Waals surface area (Å²) < 4.78 is 43.9. The van der Waals surface area contributed by atoms with E-state index in [9.17, 15) is 18.0 Å². The molecule has 0 radical (unpaired) electrons. The van der Waals surface area contributed by atoms with Crippen LogP contribution in [0.4, 0.5) is 23.7 Å². The fourth-order valence-electron chi connectivity index (χ4n) is 2.85. The van der Waals surface area contributed by atoms with Gasteiger partial charge in [-0.3, -0.25) is 0 Å². The standard InChI is InChI=1S/C18H17F3N4O2/c1-11(2)23-17(26)25(9-5-8-22-25)16-12(3)27-24-15(16)13-6-4-7-14(10-13)18(19,20)21/h4-11H,1-3H3/p+1. The SMILES string of the molecule is Cc1onc(-c2cccc(C(F)(F)F)c2)c1[N+]1(C(=O)NC(C)C)C=CC=N1. The quantitative estimate of drug-likeness (QED) is 0.792. The van der Waals surface area contributed by atoms with Crippen LogP contribution >= 0.6 is 0 Å². The Bertz CT molecular complexity index is 917. The fourth-order valence-corrected chi connectivity index (χ4v) is 2.85. The summed E-state index contributed by atoms with van der Waals surface area (Å²) in [6.45, 7) is 5.18. The minimum Gasteiger partial charge on any atom is -0.354 e. The van der Waals surface area contributed by atoms with Crippen LogP contribution in [-0.2, 0) is 6.18 Å². The maximum absolute atomic E-state index is 13.1. The average molecular weight is 379 g/mol. The molecule has 27 heavy (non-hydrogen) atoms. The Morgan fingerprint density at radius 1 is 1.30 bits per heavy atom. The van der Waals surface area contributed by atoms with Crippen molar-refractivity contribution in [3.63, 3.8) is 0 Å². The van der Waals surface area contributed by atoms with Gasteiger partial charge in [-0.05, 0) is 26.0 Å². The van der Waals surface area contributed by atoms with Gasteiger partial charge in [0.1, 0.15) is 6.20 Å². The van der Waals surface area contributed by atoms with Gasteiger partial charge in [-0.25, -0.2) is 4.79 Å². The largest absolute Gasteiger partial charge is 0.453 e. The highest BCUT2D eigenvalue weighted by Crippen LogP contribution is 2.41. The van der Waals surface area contributed by atoms with Gasteiger partial charge in [0.25, 0.3) is 0 Å². The highest BCUT2D eigenvalue weighted by molar-refractivity contribution is 5.97. The highest BCUT2D eigenvalue weighted by Gasteiger charge is 2.47. The molecule has 1 atom stereocenters. The number of halogens is 3. The van der Waals surface area contributed by atoms with E-state index in [1.807, 2.05) is 0 Å². The van der Waals surface area contributed by atoms with E-state index < -0.39 is 22.4 Å². The summed E-state index contributed by atoms with van der Waals surface area (Å²) in [7, 11) is 0. The summed E-state index contributed by atoms with van der Waals surface area (Å²) in [5.74, 6) is 0.282. The molecule has 6 nitrogen and oxygen atoms in total. The summed E-state index contributed by atoms with van der Waals surface area (Å²) in [5, 5.41) is 10.9. The molecule has 1 N–H and O–H groups in total. The van der Waals surface area contributed by atoms with Crippen LogP contribution in [0.5, 0.6) is 0 Å². The van der Waals surface area contributed by atoms with Gasteiger partial charge in [-0.1, -0.05) is 27.0 Å². The number of allylic oxidation sites excluding steroid dienone is 1. The Balaban J connectivity index is 2.17. The van der Waals surface area contributed by atoms with Crippen molar-refractivity contribution < 1.29 is 22.5 Å². The van der Waals surface area contributed by atoms with Crippen molar-refractivity contribution in [2.45, 2.75) is 33.0 Å². The minimum atomic E-state index is -4.50. The van der Waals surface area contributed by atoms with Gasteiger partial charge in [0.2, 0.25) is 5.69 Å². The minimum absolute atomic E-state index is 0.126. The molecule has 1 aliphatic rings. The maximum Gasteiger partial charge on any atom is 0.453 e. The number of nitrogens with zero attached hydrogens (tertiary/aromatic N) is 3. The number of carbonyl (C=O) groups is 1. The molecule has 0 saturated heterocycles. The van der Waals surface area contributed by atoms with Crippen molar-refractivity contribution in [2.75, 3.05) is 0 Å². The smallest absolute Gasteiger partial charge is 0.354 e. The summed E-state index contributed by atoms with van der Waals surface area (Å²) in [6.07, 6.45) is 0.0564. The lowest BCUT2D eigenvalue weighted by Gasteiger charge is -2.23. The lowest BCUT2D eigenvalue weighted by molar-refractivity contribution is -0.137. The average Bonchev–Trinajstić information content (AvgIpc) is 3.21. The lowest BCUT2D eigenvalue weighted by atomic mass is 10.1. The number of urea groups is 1. The third-order valence-electron chi connectivity index (χ3n) is 3.99. The first kappa shape index (κ1) is 18.8. The molecule has 0 aliphatic carbocycles. The number of quaternary nitrogens is 1. The van der Waals surface area contributed by atoms with Gasteiger partial charge >= 0.3 is 12.2 Å². The Labute approximate surface area is 153 Å². The monoisotopic (exact) mass is 379 g/mol. The fraction of sp³-hybridized carbons (Fsp3) is 0.278. The van der Waals surface area contributed by atoms with Gasteiger partial charge in [0.15, 0.2) is 11.5 Å². The van der Waals surface area contributed by atoms with E-state index in [0.29, 0.717) is 0 Å². The second-order valence-electron chi connectivity index (χ2n) is 6.41. The Kier molecular flexibility index (Phi) is 4.64. The third kappa shape index (κ3) is 3.37. The third-order valence-corrected chi connectivity index (χ3v) is 3.99. The number of rotatable bonds is 3. The molecule has 142 valence electrons. The molecule has 3 rings (SSSR count). The number of nitrogens with one attached hydrogen (secondary N) is 1. The number of hydrogen-bond acceptors (Lipinski definition) is 4. The Hall–Kier alpha value is -2.94. The van der Waals surface area contributed by atoms with Crippen LogP contribution in [-0.4, -0.2) is 23.4 Å². The van der Waals surface area contributed by atoms with Crippen molar-refractivity contribution in [3.05, 3.63) is 47.9 Å². The number of hydrogen-bond donors (Lipinski definition) is 1. The first-order valence-corrected chi connectivity index (χ1v) is 8.23. The van der Waals surface area contributed by atoms with Crippen LogP contribution in [0, 0.1) is 6.92 Å². The van der Waals surface area contributed by atoms with Crippen molar-refractivity contribution in [1.82, 2.24) is 15.1 Å². The van der Waals surface area contributed by atoms with E-state index >= 15 is 0 Å². The van der Waals surface area contributed by atoms with Crippen LogP contribution in [0.3, 0.4) is 0 Å². The van der Waals surface area contributed by atoms with E-state index in [2.05, 4.69) is 15.6 Å². The van der Waals surface area contributed by atoms with Crippen molar-refractivity contribution in [2.24, 2.45) is 5.10 Å². The molecule has 1 aromatic carbocycles. The van der Waals surface area contributed by atoms with Crippen molar-refractivity contribution in [3.8, 4) is 11.3 Å². The molecule has 1 unspecified atom stereocenters. The van der Waals surface area contributed by atoms with Gasteiger partial charge < -0.3 is 9.84 Å². The molecule has 0 fully saturated rings. The first-order chi connectivity index (χ1) is 12.6. The van der Waals surface area contributed by atoms with Crippen LogP contribution in [0.15, 0.2) is 46.2 Å². The van der Waals surface area contributed by atoms with E-state index in [1.54, 1.807) is 26.8 Å². The molecule has 2 amide bonds. The molecule has 0 bridgehead atoms. The van der Waals surface area contributed by atoms with Gasteiger partial charge in [0.05, 0.1) is 11.8 Å². The second-order valence-corrected chi connectivity index (χ2v) is 6.41. The topological polar surface area (TPSA) is 67.5 Å². The summed E-state index contributed by atoms with van der Waals surface area (Å²) in [4.78, 5) is 12.9. The molecule has 0 saturated carbocycles. The number of aryl methyl sites for hydroxylation is 1. The predicted molar refractivity (Wildman–Crippen MR) is 94.8 cm³/mol. The number of carbonyl (C=O) groups excluding carboxylic acids is 1. The zero-order chi connectivity index (χ0) is 19.8. The summed E-state index contributed by atoms with van der Waals surface area (Å²) in [6, 6.07) is 4.09. The summed E-state index contributed by atoms with van der Waals surface area (Å²) >= 11 is 0. The van der Waals surface area contributed by atoms with E-state index in [1.165, 1.54) is 24.5 Å². The van der Waals surface area contributed by atoms with Gasteiger partial charge in [-0.15, -0.1) is 0 Å². The predicted octanol–water partition coefficient (Wildman–Crippen LogP) is 4.61. The van der Waals surface area contributed by atoms with Crippen LogP contribution in [0.25, 0.3) is 11.3 Å². The van der Waals surface area contributed by atoms with Gasteiger partial charge in [0, 0.05) is 24.6 Å². The number of alkyl halides is 3. The number of aromatic nitrogens is 1. The molecular formula is C18H18F3N4O2+. The molecular weight excluding hydrogens is 361 g/mol. The zero-order valence-electron chi connectivity index (χ0n) is 14.9. The Morgan fingerprint density at radius 3 is 2.63 bits per heavy atom. The van der Waals surface area contributed by atoms with E-state index in [0.717, 1.165) is 12.1 Å². The van der Waals surface area contributed by atoms with Crippen molar-refractivity contribution >= 4 is 17.9 Å². The first-order valence-electron chi connectivity index (χ1n) is 8.23. The van der Waals surface area contributed by atoms with Gasteiger partial charge in [-0.2, -0.15) is 13.2 Å². The number of amides is 2. The zero-order valence-corrected chi connectivity index (χ0v) is 14.9. The molecule has 1 aromatic heterocycles. The van der Waals surface area contributed by atoms with Crippen LogP contribution in [0.2, 0.25) is 0 Å². The normalized spacial score (nSPS) is 19.1. The summed E-state index contributed by atoms with van der Waals surface area (Å²) in [5.41, 5.74) is -0.244. The molecule has 2 aromatic rings. The second kappa shape index (κ2) is 6.66. The molecule has 2 heterocycles. The van der Waals surface area contributed by atoms with Crippen molar-refractivity contribution in [1.29, 1.82) is 0 Å². The van der Waals surface area contributed by atoms with E-state index in [-0.39, 0.29) is 28.7 Å². The maximum atomic E-state index is 13.1. The Morgan fingerprint density at radius 2 is 2.04 bits per heavy atom. The van der Waals surface area contributed by atoms with Crippen LogP contribution in [0.1, 0.15) is 25.2 Å². The molecule has 1 aliphatic heterocycles. The van der Waals surface area contributed by atoms with Crippen LogP contribution < -0.4 is 9.91 Å². The van der Waals surface area contributed by atoms with E-state index in [4.69, 9.17) is 4.52 Å². The molecule has 0 spiro atoms. The molecule has 9 heteroatoms. The highest BCUT2D eigenvalue weighted by atomic mass is 19.4. The lowest BCUT2D eigenvalue weighted by Crippen LogP contribution is -2.52. The number of benzene rings is 1.